The Morgan fingerprint density at radius 3 is 2.62 bits per heavy atom. The Labute approximate surface area is 143 Å². The van der Waals surface area contributed by atoms with E-state index in [9.17, 15) is 14.7 Å². The molecule has 1 heterocycles. The highest BCUT2D eigenvalue weighted by Crippen LogP contribution is 2.40. The number of nitrogens with one attached hydrogen (secondary N) is 1. The van der Waals surface area contributed by atoms with Crippen molar-refractivity contribution in [2.24, 2.45) is 5.41 Å². The Kier molecular flexibility index (Phi) is 4.38. The minimum atomic E-state index is -0.215. The summed E-state index contributed by atoms with van der Waals surface area (Å²) in [5, 5.41) is 12.4. The maximum Gasteiger partial charge on any atom is 0.240 e. The van der Waals surface area contributed by atoms with Crippen LogP contribution in [0.3, 0.4) is 0 Å². The Hall–Kier alpha value is -1.88. The van der Waals surface area contributed by atoms with E-state index in [-0.39, 0.29) is 35.8 Å². The predicted molar refractivity (Wildman–Crippen MR) is 92.8 cm³/mol. The number of fused-ring (bicyclic) bond motifs is 1. The normalized spacial score (nSPS) is 21.0. The molecule has 0 aromatic heterocycles. The standard InChI is InChI=1S/C19H26N2O3/c1-18(2)10-17(24)21(15-7-4-3-6-14(15)18)11-16(23)20-12-19(13-22)8-5-9-19/h3-4,6-7,22H,5,8-13H2,1-2H3,(H,20,23). The molecule has 0 radical (unpaired) electrons. The summed E-state index contributed by atoms with van der Waals surface area (Å²) in [7, 11) is 0. The maximum absolute atomic E-state index is 12.5. The van der Waals surface area contributed by atoms with Gasteiger partial charge in [0.2, 0.25) is 11.8 Å². The number of para-hydroxylation sites is 1. The van der Waals surface area contributed by atoms with Gasteiger partial charge in [0.05, 0.1) is 6.61 Å². The van der Waals surface area contributed by atoms with Gasteiger partial charge in [-0.05, 0) is 24.5 Å². The van der Waals surface area contributed by atoms with Gasteiger partial charge >= 0.3 is 0 Å². The quantitative estimate of drug-likeness (QED) is 0.867. The van der Waals surface area contributed by atoms with Gasteiger partial charge < -0.3 is 15.3 Å². The van der Waals surface area contributed by atoms with Crippen LogP contribution in [0.25, 0.3) is 0 Å². The van der Waals surface area contributed by atoms with Crippen LogP contribution in [0.15, 0.2) is 24.3 Å². The molecule has 1 fully saturated rings. The number of anilines is 1. The summed E-state index contributed by atoms with van der Waals surface area (Å²) >= 11 is 0. The summed E-state index contributed by atoms with van der Waals surface area (Å²) in [5.74, 6) is -0.188. The number of carbonyl (C=O) groups is 2. The number of aliphatic hydroxyl groups is 1. The SMILES string of the molecule is CC1(C)CC(=O)N(CC(=O)NCC2(CO)CCC2)c2ccccc21. The molecule has 5 nitrogen and oxygen atoms in total. The van der Waals surface area contributed by atoms with Gasteiger partial charge in [-0.1, -0.05) is 38.5 Å². The van der Waals surface area contributed by atoms with Crippen molar-refractivity contribution < 1.29 is 14.7 Å². The molecule has 1 aromatic rings. The van der Waals surface area contributed by atoms with E-state index in [0.717, 1.165) is 30.5 Å². The number of amides is 2. The molecule has 0 atom stereocenters. The Bertz CT molecular complexity index is 644. The number of rotatable bonds is 5. The number of hydrogen-bond acceptors (Lipinski definition) is 3. The molecule has 1 saturated carbocycles. The summed E-state index contributed by atoms with van der Waals surface area (Å²) in [6.07, 6.45) is 3.40. The lowest BCUT2D eigenvalue weighted by Crippen LogP contribution is -2.50. The molecule has 2 aliphatic rings. The lowest BCUT2D eigenvalue weighted by atomic mass is 9.69. The third kappa shape index (κ3) is 3.05. The second-order valence-corrected chi connectivity index (χ2v) is 7.85. The predicted octanol–water partition coefficient (Wildman–Crippen LogP) is 1.98. The molecule has 1 aliphatic heterocycles. The first kappa shape index (κ1) is 17.0. The van der Waals surface area contributed by atoms with E-state index in [2.05, 4.69) is 19.2 Å². The fraction of sp³-hybridized carbons (Fsp3) is 0.579. The van der Waals surface area contributed by atoms with Crippen LogP contribution in [0.4, 0.5) is 5.69 Å². The van der Waals surface area contributed by atoms with Crippen molar-refractivity contribution in [1.29, 1.82) is 0 Å². The molecule has 0 spiro atoms. The van der Waals surface area contributed by atoms with E-state index >= 15 is 0 Å². The average Bonchev–Trinajstić information content (AvgIpc) is 2.50. The minimum Gasteiger partial charge on any atom is -0.396 e. The minimum absolute atomic E-state index is 0.0191. The molecule has 5 heteroatoms. The van der Waals surface area contributed by atoms with Crippen molar-refractivity contribution in [2.75, 3.05) is 24.6 Å². The number of carbonyl (C=O) groups excluding carboxylic acids is 2. The van der Waals surface area contributed by atoms with Crippen molar-refractivity contribution in [1.82, 2.24) is 5.32 Å². The van der Waals surface area contributed by atoms with E-state index in [0.29, 0.717) is 13.0 Å². The average molecular weight is 330 g/mol. The fourth-order valence-electron chi connectivity index (χ4n) is 3.71. The molecular formula is C19H26N2O3. The summed E-state index contributed by atoms with van der Waals surface area (Å²) < 4.78 is 0. The zero-order valence-electron chi connectivity index (χ0n) is 14.5. The van der Waals surface area contributed by atoms with Crippen LogP contribution in [0, 0.1) is 5.41 Å². The van der Waals surface area contributed by atoms with E-state index in [1.807, 2.05) is 24.3 Å². The zero-order chi connectivity index (χ0) is 17.4. The van der Waals surface area contributed by atoms with E-state index in [4.69, 9.17) is 0 Å². The Morgan fingerprint density at radius 2 is 2.00 bits per heavy atom. The smallest absolute Gasteiger partial charge is 0.240 e. The summed E-state index contributed by atoms with van der Waals surface area (Å²) in [6, 6.07) is 7.80. The molecule has 130 valence electrons. The second kappa shape index (κ2) is 6.20. The molecule has 0 unspecified atom stereocenters. The Morgan fingerprint density at radius 1 is 1.29 bits per heavy atom. The van der Waals surface area contributed by atoms with E-state index in [1.165, 1.54) is 0 Å². The zero-order valence-corrected chi connectivity index (χ0v) is 14.5. The van der Waals surface area contributed by atoms with Gasteiger partial charge in [0.25, 0.3) is 0 Å². The molecule has 3 rings (SSSR count). The van der Waals surface area contributed by atoms with Crippen LogP contribution < -0.4 is 10.2 Å². The Balaban J connectivity index is 1.70. The first-order valence-electron chi connectivity index (χ1n) is 8.64. The molecule has 0 bridgehead atoms. The van der Waals surface area contributed by atoms with Crippen LogP contribution in [-0.4, -0.2) is 36.6 Å². The van der Waals surface area contributed by atoms with Crippen LogP contribution >= 0.6 is 0 Å². The summed E-state index contributed by atoms with van der Waals surface area (Å²) in [6.45, 7) is 4.74. The van der Waals surface area contributed by atoms with E-state index in [1.54, 1.807) is 4.90 Å². The first-order valence-corrected chi connectivity index (χ1v) is 8.64. The lowest BCUT2D eigenvalue weighted by molar-refractivity contribution is -0.125. The van der Waals surface area contributed by atoms with Gasteiger partial charge in [-0.25, -0.2) is 0 Å². The summed E-state index contributed by atoms with van der Waals surface area (Å²) in [5.41, 5.74) is 1.56. The topological polar surface area (TPSA) is 69.6 Å². The molecule has 0 saturated heterocycles. The highest BCUT2D eigenvalue weighted by atomic mass is 16.3. The lowest BCUT2D eigenvalue weighted by Gasteiger charge is -2.41. The third-order valence-corrected chi connectivity index (χ3v) is 5.53. The van der Waals surface area contributed by atoms with Crippen molar-refractivity contribution in [3.05, 3.63) is 29.8 Å². The van der Waals surface area contributed by atoms with Gasteiger partial charge in [0, 0.05) is 29.5 Å². The third-order valence-electron chi connectivity index (χ3n) is 5.53. The fourth-order valence-corrected chi connectivity index (χ4v) is 3.71. The van der Waals surface area contributed by atoms with Crippen LogP contribution in [0.2, 0.25) is 0 Å². The number of benzene rings is 1. The van der Waals surface area contributed by atoms with Crippen molar-refractivity contribution in [2.45, 2.75) is 44.9 Å². The molecule has 2 amide bonds. The van der Waals surface area contributed by atoms with Crippen molar-refractivity contribution >= 4 is 17.5 Å². The van der Waals surface area contributed by atoms with Crippen LogP contribution in [0.5, 0.6) is 0 Å². The van der Waals surface area contributed by atoms with Crippen LogP contribution in [0.1, 0.15) is 45.1 Å². The number of aliphatic hydroxyl groups excluding tert-OH is 1. The van der Waals surface area contributed by atoms with E-state index < -0.39 is 0 Å². The second-order valence-electron chi connectivity index (χ2n) is 7.85. The number of nitrogens with zero attached hydrogens (tertiary/aromatic N) is 1. The molecule has 1 aromatic carbocycles. The largest absolute Gasteiger partial charge is 0.396 e. The molecule has 1 aliphatic carbocycles. The molecular weight excluding hydrogens is 304 g/mol. The highest BCUT2D eigenvalue weighted by molar-refractivity contribution is 6.02. The van der Waals surface area contributed by atoms with Gasteiger partial charge in [-0.2, -0.15) is 0 Å². The number of hydrogen-bond donors (Lipinski definition) is 2. The van der Waals surface area contributed by atoms with Gasteiger partial charge in [-0.15, -0.1) is 0 Å². The summed E-state index contributed by atoms with van der Waals surface area (Å²) in [4.78, 5) is 26.5. The maximum atomic E-state index is 12.5. The highest BCUT2D eigenvalue weighted by Gasteiger charge is 2.38. The van der Waals surface area contributed by atoms with Crippen LogP contribution in [-0.2, 0) is 15.0 Å². The van der Waals surface area contributed by atoms with Crippen molar-refractivity contribution in [3.63, 3.8) is 0 Å². The van der Waals surface area contributed by atoms with Crippen molar-refractivity contribution in [3.8, 4) is 0 Å². The molecule has 24 heavy (non-hydrogen) atoms. The van der Waals surface area contributed by atoms with Gasteiger partial charge in [0.1, 0.15) is 6.54 Å². The molecule has 2 N–H and O–H groups in total. The van der Waals surface area contributed by atoms with Gasteiger partial charge in [0.15, 0.2) is 0 Å². The monoisotopic (exact) mass is 330 g/mol. The first-order chi connectivity index (χ1) is 11.4. The van der Waals surface area contributed by atoms with Gasteiger partial charge in [-0.3, -0.25) is 9.59 Å².